The predicted molar refractivity (Wildman–Crippen MR) is 133 cm³/mol. The van der Waals surface area contributed by atoms with Crippen LogP contribution in [0.5, 0.6) is 5.75 Å². The lowest BCUT2D eigenvalue weighted by Gasteiger charge is -2.35. The molecule has 2 heterocycles. The summed E-state index contributed by atoms with van der Waals surface area (Å²) in [6.07, 6.45) is 8.51. The molecule has 0 atom stereocenters. The molecule has 9 heteroatoms. The highest BCUT2D eigenvalue weighted by Gasteiger charge is 2.25. The largest absolute Gasteiger partial charge is 0.497 e. The Labute approximate surface area is 206 Å². The predicted octanol–water partition coefficient (Wildman–Crippen LogP) is 4.04. The van der Waals surface area contributed by atoms with E-state index in [1.54, 1.807) is 7.11 Å². The number of aromatic amines is 1. The van der Waals surface area contributed by atoms with Crippen LogP contribution in [0.1, 0.15) is 51.4 Å². The second-order valence-corrected chi connectivity index (χ2v) is 9.67. The summed E-state index contributed by atoms with van der Waals surface area (Å²) in [7, 11) is 1.63. The van der Waals surface area contributed by atoms with Crippen LogP contribution in [-0.4, -0.2) is 69.7 Å². The standard InChI is InChI=1S/C25H35N5O3S/c1-33-21-10-8-20(9-11-21)24-26-27-25(34)30(24)14-13-23(32)29-17-15-28(16-18-29)22(31)12-7-19-5-3-2-4-6-19/h8-11,19H,2-7,12-18H2,1H3,(H,27,34). The van der Waals surface area contributed by atoms with Crippen molar-refractivity contribution in [3.63, 3.8) is 0 Å². The van der Waals surface area contributed by atoms with E-state index in [-0.39, 0.29) is 11.8 Å². The zero-order valence-corrected chi connectivity index (χ0v) is 20.8. The van der Waals surface area contributed by atoms with Gasteiger partial charge in [0.2, 0.25) is 11.8 Å². The smallest absolute Gasteiger partial charge is 0.224 e. The van der Waals surface area contributed by atoms with Crippen LogP contribution in [0.15, 0.2) is 24.3 Å². The highest BCUT2D eigenvalue weighted by Crippen LogP contribution is 2.27. The fourth-order valence-electron chi connectivity index (χ4n) is 5.02. The first-order chi connectivity index (χ1) is 16.5. The average Bonchev–Trinajstić information content (AvgIpc) is 3.26. The van der Waals surface area contributed by atoms with Gasteiger partial charge in [0.25, 0.3) is 0 Å². The molecule has 0 bridgehead atoms. The van der Waals surface area contributed by atoms with Gasteiger partial charge in [0, 0.05) is 51.1 Å². The summed E-state index contributed by atoms with van der Waals surface area (Å²) in [6, 6.07) is 7.59. The van der Waals surface area contributed by atoms with Gasteiger partial charge in [-0.2, -0.15) is 5.10 Å². The number of ether oxygens (including phenoxy) is 1. The number of nitrogens with zero attached hydrogens (tertiary/aromatic N) is 4. The molecule has 2 aromatic rings. The Hall–Kier alpha value is -2.68. The summed E-state index contributed by atoms with van der Waals surface area (Å²) in [5.41, 5.74) is 0.904. The summed E-state index contributed by atoms with van der Waals surface area (Å²) in [4.78, 5) is 29.3. The Morgan fingerprint density at radius 1 is 1.00 bits per heavy atom. The van der Waals surface area contributed by atoms with Crippen LogP contribution >= 0.6 is 12.2 Å². The van der Waals surface area contributed by atoms with Crippen LogP contribution in [0.3, 0.4) is 0 Å². The SMILES string of the molecule is COc1ccc(-c2n[nH]c(=S)n2CCC(=O)N2CCN(C(=O)CCC3CCCCC3)CC2)cc1. The maximum Gasteiger partial charge on any atom is 0.224 e. The van der Waals surface area contributed by atoms with Gasteiger partial charge in [-0.15, -0.1) is 0 Å². The number of H-pyrrole nitrogens is 1. The molecule has 1 aliphatic carbocycles. The minimum absolute atomic E-state index is 0.0816. The number of carbonyl (C=O) groups is 2. The zero-order valence-electron chi connectivity index (χ0n) is 20.0. The molecule has 1 saturated heterocycles. The summed E-state index contributed by atoms with van der Waals surface area (Å²) < 4.78 is 7.57. The van der Waals surface area contributed by atoms with E-state index in [1.165, 1.54) is 32.1 Å². The number of rotatable bonds is 8. The third-order valence-electron chi connectivity index (χ3n) is 7.13. The van der Waals surface area contributed by atoms with Gasteiger partial charge < -0.3 is 14.5 Å². The van der Waals surface area contributed by atoms with Crippen molar-refractivity contribution in [2.24, 2.45) is 5.92 Å². The number of amides is 2. The van der Waals surface area contributed by atoms with E-state index >= 15 is 0 Å². The molecule has 1 aromatic carbocycles. The first-order valence-electron chi connectivity index (χ1n) is 12.4. The van der Waals surface area contributed by atoms with E-state index in [0.29, 0.717) is 56.2 Å². The third kappa shape index (κ3) is 6.05. The van der Waals surface area contributed by atoms with Crippen molar-refractivity contribution in [1.82, 2.24) is 24.6 Å². The second-order valence-electron chi connectivity index (χ2n) is 9.29. The molecule has 4 rings (SSSR count). The van der Waals surface area contributed by atoms with Gasteiger partial charge in [-0.1, -0.05) is 32.1 Å². The van der Waals surface area contributed by atoms with E-state index in [4.69, 9.17) is 17.0 Å². The second kappa shape index (κ2) is 11.6. The molecule has 2 fully saturated rings. The van der Waals surface area contributed by atoms with Gasteiger partial charge in [0.1, 0.15) is 5.75 Å². The molecule has 1 N–H and O–H groups in total. The van der Waals surface area contributed by atoms with Crippen molar-refractivity contribution in [1.29, 1.82) is 0 Å². The van der Waals surface area contributed by atoms with E-state index in [1.807, 2.05) is 38.6 Å². The van der Waals surface area contributed by atoms with Crippen molar-refractivity contribution in [2.45, 2.75) is 57.9 Å². The molecule has 8 nitrogen and oxygen atoms in total. The first kappa shape index (κ1) is 24.4. The molecule has 184 valence electrons. The van der Waals surface area contributed by atoms with Gasteiger partial charge in [-0.25, -0.2) is 0 Å². The van der Waals surface area contributed by atoms with Crippen LogP contribution in [0, 0.1) is 10.7 Å². The van der Waals surface area contributed by atoms with Crippen molar-refractivity contribution in [2.75, 3.05) is 33.3 Å². The Balaban J connectivity index is 1.25. The number of hydrogen-bond donors (Lipinski definition) is 1. The van der Waals surface area contributed by atoms with Crippen LogP contribution < -0.4 is 4.74 Å². The molecule has 2 amide bonds. The van der Waals surface area contributed by atoms with E-state index in [0.717, 1.165) is 23.7 Å². The monoisotopic (exact) mass is 485 g/mol. The van der Waals surface area contributed by atoms with Crippen LogP contribution in [0.25, 0.3) is 11.4 Å². The van der Waals surface area contributed by atoms with Crippen LogP contribution in [0.2, 0.25) is 0 Å². The van der Waals surface area contributed by atoms with Gasteiger partial charge in [0.15, 0.2) is 10.6 Å². The fraction of sp³-hybridized carbons (Fsp3) is 0.600. The molecule has 1 aromatic heterocycles. The zero-order chi connectivity index (χ0) is 23.9. The summed E-state index contributed by atoms with van der Waals surface area (Å²) in [5.74, 6) is 2.52. The maximum atomic E-state index is 12.9. The summed E-state index contributed by atoms with van der Waals surface area (Å²) in [5, 5.41) is 7.19. The number of nitrogens with one attached hydrogen (secondary N) is 1. The lowest BCUT2D eigenvalue weighted by molar-refractivity contribution is -0.139. The maximum absolute atomic E-state index is 12.9. The van der Waals surface area contributed by atoms with Gasteiger partial charge in [0.05, 0.1) is 7.11 Å². The number of aromatic nitrogens is 3. The highest BCUT2D eigenvalue weighted by molar-refractivity contribution is 7.71. The first-order valence-corrected chi connectivity index (χ1v) is 12.8. The Morgan fingerprint density at radius 3 is 2.24 bits per heavy atom. The molecule has 0 unspecified atom stereocenters. The molecule has 2 aliphatic rings. The number of benzene rings is 1. The molecule has 0 radical (unpaired) electrons. The topological polar surface area (TPSA) is 83.5 Å². The molecular weight excluding hydrogens is 450 g/mol. The molecule has 1 saturated carbocycles. The van der Waals surface area contributed by atoms with Crippen molar-refractivity contribution < 1.29 is 14.3 Å². The Morgan fingerprint density at radius 2 is 1.62 bits per heavy atom. The normalized spacial score (nSPS) is 17.1. The van der Waals surface area contributed by atoms with Crippen LogP contribution in [0.4, 0.5) is 0 Å². The molecule has 0 spiro atoms. The van der Waals surface area contributed by atoms with Crippen molar-refractivity contribution in [3.8, 4) is 17.1 Å². The summed E-state index contributed by atoms with van der Waals surface area (Å²) >= 11 is 5.40. The van der Waals surface area contributed by atoms with E-state index < -0.39 is 0 Å². The molecule has 1 aliphatic heterocycles. The Bertz CT molecular complexity index is 1020. The quantitative estimate of drug-likeness (QED) is 0.571. The highest BCUT2D eigenvalue weighted by atomic mass is 32.1. The van der Waals surface area contributed by atoms with Gasteiger partial charge in [-0.05, 0) is 48.8 Å². The van der Waals surface area contributed by atoms with Gasteiger partial charge >= 0.3 is 0 Å². The molecular formula is C25H35N5O3S. The number of carbonyl (C=O) groups excluding carboxylic acids is 2. The minimum Gasteiger partial charge on any atom is -0.497 e. The average molecular weight is 486 g/mol. The number of methoxy groups -OCH3 is 1. The number of hydrogen-bond acceptors (Lipinski definition) is 5. The number of piperazine rings is 1. The van der Waals surface area contributed by atoms with Gasteiger partial charge in [-0.3, -0.25) is 19.3 Å². The van der Waals surface area contributed by atoms with Crippen molar-refractivity contribution in [3.05, 3.63) is 29.0 Å². The minimum atomic E-state index is 0.0816. The Kier molecular flexibility index (Phi) is 8.37. The van der Waals surface area contributed by atoms with E-state index in [9.17, 15) is 9.59 Å². The lowest BCUT2D eigenvalue weighted by atomic mass is 9.86. The van der Waals surface area contributed by atoms with E-state index in [2.05, 4.69) is 10.2 Å². The fourth-order valence-corrected chi connectivity index (χ4v) is 5.24. The molecule has 34 heavy (non-hydrogen) atoms. The van der Waals surface area contributed by atoms with Crippen molar-refractivity contribution >= 4 is 24.0 Å². The third-order valence-corrected chi connectivity index (χ3v) is 7.44. The summed E-state index contributed by atoms with van der Waals surface area (Å²) in [6.45, 7) is 2.89. The lowest BCUT2D eigenvalue weighted by Crippen LogP contribution is -2.50. The van der Waals surface area contributed by atoms with Crippen LogP contribution in [-0.2, 0) is 16.1 Å².